The highest BCUT2D eigenvalue weighted by Gasteiger charge is 2.12. The van der Waals surface area contributed by atoms with Gasteiger partial charge in [-0.3, -0.25) is 4.79 Å². The van der Waals surface area contributed by atoms with Crippen molar-refractivity contribution in [1.82, 2.24) is 0 Å². The van der Waals surface area contributed by atoms with Crippen LogP contribution < -0.4 is 10.1 Å². The lowest BCUT2D eigenvalue weighted by molar-refractivity contribution is -0.118. The van der Waals surface area contributed by atoms with Gasteiger partial charge < -0.3 is 10.1 Å². The van der Waals surface area contributed by atoms with E-state index in [1.165, 1.54) is 6.07 Å². The molecule has 0 heterocycles. The van der Waals surface area contributed by atoms with Gasteiger partial charge in [-0.05, 0) is 35.7 Å². The molecule has 0 aliphatic rings. The normalized spacial score (nSPS) is 10.6. The molecule has 0 aliphatic heterocycles. The average Bonchev–Trinajstić information content (AvgIpc) is 2.49. The number of halogens is 2. The van der Waals surface area contributed by atoms with E-state index in [4.69, 9.17) is 4.74 Å². The Labute approximate surface area is 127 Å². The Balaban J connectivity index is 1.97. The molecule has 0 unspecified atom stereocenters. The molecular weight excluding hydrogens is 288 g/mol. The molecule has 0 saturated heterocycles. The highest BCUT2D eigenvalue weighted by molar-refractivity contribution is 5.92. The number of nitrogens with one attached hydrogen (secondary N) is 1. The maximum absolute atomic E-state index is 13.4. The van der Waals surface area contributed by atoms with Gasteiger partial charge in [-0.1, -0.05) is 32.0 Å². The fourth-order valence-electron chi connectivity index (χ4n) is 1.91. The minimum absolute atomic E-state index is 0.324. The van der Waals surface area contributed by atoms with Gasteiger partial charge in [0.1, 0.15) is 23.1 Å². The van der Waals surface area contributed by atoms with Crippen molar-refractivity contribution in [3.63, 3.8) is 0 Å². The first-order valence-electron chi connectivity index (χ1n) is 6.94. The van der Waals surface area contributed by atoms with Crippen LogP contribution in [0.15, 0.2) is 42.5 Å². The highest BCUT2D eigenvalue weighted by Crippen LogP contribution is 2.21. The molecule has 0 fully saturated rings. The van der Waals surface area contributed by atoms with Crippen molar-refractivity contribution < 1.29 is 18.3 Å². The van der Waals surface area contributed by atoms with Crippen LogP contribution in [-0.2, 0) is 4.79 Å². The molecule has 2 aromatic carbocycles. The second-order valence-electron chi connectivity index (χ2n) is 5.16. The average molecular weight is 305 g/mol. The lowest BCUT2D eigenvalue weighted by Gasteiger charge is -2.11. The molecule has 116 valence electrons. The Morgan fingerprint density at radius 1 is 1.14 bits per heavy atom. The second-order valence-corrected chi connectivity index (χ2v) is 5.16. The molecule has 1 N–H and O–H groups in total. The van der Waals surface area contributed by atoms with Crippen LogP contribution in [0.2, 0.25) is 0 Å². The summed E-state index contributed by atoms with van der Waals surface area (Å²) in [7, 11) is 0. The summed E-state index contributed by atoms with van der Waals surface area (Å²) in [5.74, 6) is -1.40. The third-order valence-corrected chi connectivity index (χ3v) is 3.12. The first-order chi connectivity index (χ1) is 10.5. The Kier molecular flexibility index (Phi) is 5.09. The summed E-state index contributed by atoms with van der Waals surface area (Å²) in [5, 5.41) is 2.17. The van der Waals surface area contributed by atoms with Crippen LogP contribution >= 0.6 is 0 Å². The highest BCUT2D eigenvalue weighted by atomic mass is 19.1. The number of amides is 1. The molecule has 1 amide bonds. The topological polar surface area (TPSA) is 38.3 Å². The predicted molar refractivity (Wildman–Crippen MR) is 81.0 cm³/mol. The van der Waals surface area contributed by atoms with E-state index in [0.717, 1.165) is 17.7 Å². The Hall–Kier alpha value is -2.43. The number of para-hydroxylation sites is 1. The van der Waals surface area contributed by atoms with E-state index < -0.39 is 23.2 Å². The van der Waals surface area contributed by atoms with E-state index in [0.29, 0.717) is 11.7 Å². The van der Waals surface area contributed by atoms with Crippen molar-refractivity contribution in [1.29, 1.82) is 0 Å². The number of ether oxygens (including phenoxy) is 1. The Morgan fingerprint density at radius 2 is 1.77 bits per heavy atom. The van der Waals surface area contributed by atoms with Crippen LogP contribution in [0, 0.1) is 11.6 Å². The maximum Gasteiger partial charge on any atom is 0.262 e. The van der Waals surface area contributed by atoms with Gasteiger partial charge in [0.15, 0.2) is 6.61 Å². The van der Waals surface area contributed by atoms with Crippen molar-refractivity contribution in [3.05, 3.63) is 59.7 Å². The van der Waals surface area contributed by atoms with Crippen LogP contribution in [0.25, 0.3) is 0 Å². The molecule has 2 aromatic rings. The van der Waals surface area contributed by atoms with Crippen LogP contribution in [0.1, 0.15) is 25.3 Å². The molecule has 0 saturated carbocycles. The summed E-state index contributed by atoms with van der Waals surface area (Å²) >= 11 is 0. The minimum atomic E-state index is -0.824. The summed E-state index contributed by atoms with van der Waals surface area (Å²) < 4.78 is 32.2. The molecule has 2 rings (SSSR count). The van der Waals surface area contributed by atoms with Gasteiger partial charge in [0.2, 0.25) is 0 Å². The SMILES string of the molecule is CC(C)c1cccc(OCC(=O)Nc2c(F)cccc2F)c1. The first-order valence-corrected chi connectivity index (χ1v) is 6.94. The van der Waals surface area contributed by atoms with Gasteiger partial charge in [-0.15, -0.1) is 0 Å². The zero-order valence-electron chi connectivity index (χ0n) is 12.4. The number of carbonyl (C=O) groups is 1. The third kappa shape index (κ3) is 4.04. The van der Waals surface area contributed by atoms with E-state index in [1.54, 1.807) is 6.07 Å². The number of carbonyl (C=O) groups excluding carboxylic acids is 1. The van der Waals surface area contributed by atoms with Gasteiger partial charge in [0, 0.05) is 0 Å². The first kappa shape index (κ1) is 15.9. The fraction of sp³-hybridized carbons (Fsp3) is 0.235. The Morgan fingerprint density at radius 3 is 2.41 bits per heavy atom. The number of benzene rings is 2. The zero-order chi connectivity index (χ0) is 16.1. The van der Waals surface area contributed by atoms with Crippen LogP contribution in [-0.4, -0.2) is 12.5 Å². The lowest BCUT2D eigenvalue weighted by atomic mass is 10.0. The van der Waals surface area contributed by atoms with E-state index in [9.17, 15) is 13.6 Å². The summed E-state index contributed by atoms with van der Waals surface area (Å²) in [6.45, 7) is 3.77. The molecule has 22 heavy (non-hydrogen) atoms. The number of hydrogen-bond acceptors (Lipinski definition) is 2. The minimum Gasteiger partial charge on any atom is -0.484 e. The molecule has 0 radical (unpaired) electrons. The molecule has 5 heteroatoms. The van der Waals surface area contributed by atoms with Crippen LogP contribution in [0.4, 0.5) is 14.5 Å². The van der Waals surface area contributed by atoms with Gasteiger partial charge >= 0.3 is 0 Å². The predicted octanol–water partition coefficient (Wildman–Crippen LogP) is 4.11. The fourth-order valence-corrected chi connectivity index (χ4v) is 1.91. The summed E-state index contributed by atoms with van der Waals surface area (Å²) in [5.41, 5.74) is 0.616. The van der Waals surface area contributed by atoms with Gasteiger partial charge in [-0.2, -0.15) is 0 Å². The molecule has 0 atom stereocenters. The number of anilines is 1. The van der Waals surface area contributed by atoms with Crippen LogP contribution in [0.3, 0.4) is 0 Å². The summed E-state index contributed by atoms with van der Waals surface area (Å²) in [6.07, 6.45) is 0. The quantitative estimate of drug-likeness (QED) is 0.903. The third-order valence-electron chi connectivity index (χ3n) is 3.12. The van der Waals surface area contributed by atoms with Crippen LogP contribution in [0.5, 0.6) is 5.75 Å². The molecular formula is C17H17F2NO2. The van der Waals surface area contributed by atoms with E-state index in [2.05, 4.69) is 5.32 Å². The van der Waals surface area contributed by atoms with Crippen molar-refractivity contribution >= 4 is 11.6 Å². The zero-order valence-corrected chi connectivity index (χ0v) is 12.4. The van der Waals surface area contributed by atoms with E-state index >= 15 is 0 Å². The molecule has 0 aliphatic carbocycles. The largest absolute Gasteiger partial charge is 0.484 e. The molecule has 0 spiro atoms. The van der Waals surface area contributed by atoms with Crippen molar-refractivity contribution in [2.24, 2.45) is 0 Å². The smallest absolute Gasteiger partial charge is 0.262 e. The Bertz CT molecular complexity index is 651. The van der Waals surface area contributed by atoms with Crippen molar-refractivity contribution in [2.75, 3.05) is 11.9 Å². The summed E-state index contributed by atoms with van der Waals surface area (Å²) in [6, 6.07) is 10.7. The second kappa shape index (κ2) is 7.02. The van der Waals surface area contributed by atoms with Crippen molar-refractivity contribution in [2.45, 2.75) is 19.8 Å². The number of rotatable bonds is 5. The number of hydrogen-bond donors (Lipinski definition) is 1. The lowest BCUT2D eigenvalue weighted by Crippen LogP contribution is -2.21. The molecule has 3 nitrogen and oxygen atoms in total. The molecule has 0 bridgehead atoms. The monoisotopic (exact) mass is 305 g/mol. The van der Waals surface area contributed by atoms with Gasteiger partial charge in [0.05, 0.1) is 0 Å². The maximum atomic E-state index is 13.4. The standard InChI is InChI=1S/C17H17F2NO2/c1-11(2)12-5-3-6-13(9-12)22-10-16(21)20-17-14(18)7-4-8-15(17)19/h3-9,11H,10H2,1-2H3,(H,20,21). The van der Waals surface area contributed by atoms with E-state index in [1.807, 2.05) is 32.0 Å². The van der Waals surface area contributed by atoms with Crippen molar-refractivity contribution in [3.8, 4) is 5.75 Å². The van der Waals surface area contributed by atoms with Gasteiger partial charge in [-0.25, -0.2) is 8.78 Å². The van der Waals surface area contributed by atoms with E-state index in [-0.39, 0.29) is 6.61 Å². The van der Waals surface area contributed by atoms with Gasteiger partial charge in [0.25, 0.3) is 5.91 Å². The molecule has 0 aromatic heterocycles. The summed E-state index contributed by atoms with van der Waals surface area (Å²) in [4.78, 5) is 11.7.